The van der Waals surface area contributed by atoms with Gasteiger partial charge in [0.25, 0.3) is 0 Å². The van der Waals surface area contributed by atoms with Crippen molar-refractivity contribution in [1.82, 2.24) is 4.90 Å². The highest BCUT2D eigenvalue weighted by Gasteiger charge is 2.28. The van der Waals surface area contributed by atoms with Gasteiger partial charge in [0.05, 0.1) is 7.11 Å². The zero-order valence-electron chi connectivity index (χ0n) is 12.3. The molecule has 0 amide bonds. The van der Waals surface area contributed by atoms with E-state index in [2.05, 4.69) is 29.2 Å². The van der Waals surface area contributed by atoms with Crippen molar-refractivity contribution in [2.24, 2.45) is 0 Å². The highest BCUT2D eigenvalue weighted by atomic mass is 35.5. The first-order valence-corrected chi connectivity index (χ1v) is 7.74. The number of rotatable bonds is 6. The second-order valence-electron chi connectivity index (χ2n) is 5.61. The van der Waals surface area contributed by atoms with E-state index in [1.165, 1.54) is 24.0 Å². The van der Waals surface area contributed by atoms with Gasteiger partial charge in [0.2, 0.25) is 0 Å². The van der Waals surface area contributed by atoms with Crippen molar-refractivity contribution in [3.8, 4) is 5.75 Å². The number of methoxy groups -OCH3 is 1. The molecule has 0 bridgehead atoms. The van der Waals surface area contributed by atoms with Gasteiger partial charge in [-0.2, -0.15) is 0 Å². The lowest BCUT2D eigenvalue weighted by Crippen LogP contribution is -2.25. The first-order valence-electron chi connectivity index (χ1n) is 7.36. The Bertz CT molecular complexity index is 575. The average molecular weight is 302 g/mol. The highest BCUT2D eigenvalue weighted by molar-refractivity contribution is 6.30. The predicted molar refractivity (Wildman–Crippen MR) is 86.7 cm³/mol. The van der Waals surface area contributed by atoms with Crippen molar-refractivity contribution >= 4 is 11.6 Å². The van der Waals surface area contributed by atoms with Crippen LogP contribution in [0.5, 0.6) is 5.75 Å². The molecule has 0 aromatic heterocycles. The number of halogens is 1. The van der Waals surface area contributed by atoms with Crippen LogP contribution < -0.4 is 4.74 Å². The SMILES string of the molecule is COc1ccc(CN(Cc2ccc(Cl)cc2)C2CC2)cc1. The Labute approximate surface area is 131 Å². The zero-order valence-corrected chi connectivity index (χ0v) is 13.0. The van der Waals surface area contributed by atoms with Gasteiger partial charge in [0.1, 0.15) is 5.75 Å². The Morgan fingerprint density at radius 1 is 0.952 bits per heavy atom. The van der Waals surface area contributed by atoms with E-state index in [1.807, 2.05) is 24.3 Å². The summed E-state index contributed by atoms with van der Waals surface area (Å²) in [5.74, 6) is 0.912. The Morgan fingerprint density at radius 3 is 1.95 bits per heavy atom. The summed E-state index contributed by atoms with van der Waals surface area (Å²) in [5, 5.41) is 0.798. The molecule has 2 aromatic rings. The van der Waals surface area contributed by atoms with E-state index in [1.54, 1.807) is 7.11 Å². The minimum Gasteiger partial charge on any atom is -0.497 e. The molecule has 3 rings (SSSR count). The molecule has 0 spiro atoms. The molecule has 0 radical (unpaired) electrons. The fraction of sp³-hybridized carbons (Fsp3) is 0.333. The fourth-order valence-corrected chi connectivity index (χ4v) is 2.67. The van der Waals surface area contributed by atoms with E-state index in [4.69, 9.17) is 16.3 Å². The van der Waals surface area contributed by atoms with Gasteiger partial charge in [-0.05, 0) is 48.2 Å². The van der Waals surface area contributed by atoms with E-state index in [0.717, 1.165) is 29.9 Å². The van der Waals surface area contributed by atoms with E-state index >= 15 is 0 Å². The van der Waals surface area contributed by atoms with Crippen LogP contribution in [-0.2, 0) is 13.1 Å². The molecule has 0 saturated heterocycles. The lowest BCUT2D eigenvalue weighted by molar-refractivity contribution is 0.245. The van der Waals surface area contributed by atoms with E-state index < -0.39 is 0 Å². The monoisotopic (exact) mass is 301 g/mol. The third kappa shape index (κ3) is 3.99. The first-order chi connectivity index (χ1) is 10.2. The van der Waals surface area contributed by atoms with Crippen LogP contribution in [0.25, 0.3) is 0 Å². The van der Waals surface area contributed by atoms with Gasteiger partial charge in [-0.3, -0.25) is 4.90 Å². The molecule has 1 aliphatic rings. The number of benzene rings is 2. The predicted octanol–water partition coefficient (Wildman–Crippen LogP) is 4.51. The Balaban J connectivity index is 1.68. The van der Waals surface area contributed by atoms with Crippen molar-refractivity contribution in [3.05, 3.63) is 64.7 Å². The van der Waals surface area contributed by atoms with Crippen LogP contribution in [0.4, 0.5) is 0 Å². The minimum absolute atomic E-state index is 0.725. The van der Waals surface area contributed by atoms with Crippen LogP contribution in [-0.4, -0.2) is 18.1 Å². The molecule has 110 valence electrons. The molecule has 0 N–H and O–H groups in total. The van der Waals surface area contributed by atoms with Gasteiger partial charge in [0.15, 0.2) is 0 Å². The van der Waals surface area contributed by atoms with Crippen molar-refractivity contribution in [3.63, 3.8) is 0 Å². The smallest absolute Gasteiger partial charge is 0.118 e. The molecule has 1 aliphatic carbocycles. The van der Waals surface area contributed by atoms with Gasteiger partial charge in [-0.25, -0.2) is 0 Å². The maximum absolute atomic E-state index is 5.96. The van der Waals surface area contributed by atoms with Gasteiger partial charge in [-0.1, -0.05) is 35.9 Å². The van der Waals surface area contributed by atoms with Gasteiger partial charge < -0.3 is 4.74 Å². The van der Waals surface area contributed by atoms with Crippen molar-refractivity contribution in [2.75, 3.05) is 7.11 Å². The molecule has 0 atom stereocenters. The molecule has 0 unspecified atom stereocenters. The molecule has 3 heteroatoms. The van der Waals surface area contributed by atoms with Crippen LogP contribution >= 0.6 is 11.6 Å². The maximum Gasteiger partial charge on any atom is 0.118 e. The summed E-state index contributed by atoms with van der Waals surface area (Å²) < 4.78 is 5.21. The largest absolute Gasteiger partial charge is 0.497 e. The number of hydrogen-bond donors (Lipinski definition) is 0. The number of hydrogen-bond acceptors (Lipinski definition) is 2. The Hall–Kier alpha value is -1.51. The van der Waals surface area contributed by atoms with Crippen LogP contribution in [0, 0.1) is 0 Å². The lowest BCUT2D eigenvalue weighted by atomic mass is 10.1. The zero-order chi connectivity index (χ0) is 14.7. The lowest BCUT2D eigenvalue weighted by Gasteiger charge is -2.22. The summed E-state index contributed by atoms with van der Waals surface area (Å²) >= 11 is 5.96. The summed E-state index contributed by atoms with van der Waals surface area (Å²) in [6, 6.07) is 17.3. The molecule has 0 aliphatic heterocycles. The highest BCUT2D eigenvalue weighted by Crippen LogP contribution is 2.30. The fourth-order valence-electron chi connectivity index (χ4n) is 2.54. The van der Waals surface area contributed by atoms with Crippen molar-refractivity contribution in [1.29, 1.82) is 0 Å². The number of nitrogens with zero attached hydrogens (tertiary/aromatic N) is 1. The van der Waals surface area contributed by atoms with Crippen LogP contribution in [0.15, 0.2) is 48.5 Å². The van der Waals surface area contributed by atoms with E-state index in [-0.39, 0.29) is 0 Å². The molecule has 1 saturated carbocycles. The number of ether oxygens (including phenoxy) is 1. The van der Waals surface area contributed by atoms with Crippen molar-refractivity contribution in [2.45, 2.75) is 32.0 Å². The summed E-state index contributed by atoms with van der Waals surface area (Å²) in [6.07, 6.45) is 2.62. The third-order valence-electron chi connectivity index (χ3n) is 3.91. The summed E-state index contributed by atoms with van der Waals surface area (Å²) in [5.41, 5.74) is 2.65. The molecule has 0 heterocycles. The molecular formula is C18H20ClNO. The molecule has 1 fully saturated rings. The van der Waals surface area contributed by atoms with Crippen molar-refractivity contribution < 1.29 is 4.74 Å². The summed E-state index contributed by atoms with van der Waals surface area (Å²) in [6.45, 7) is 1.96. The molecule has 2 aromatic carbocycles. The minimum atomic E-state index is 0.725. The summed E-state index contributed by atoms with van der Waals surface area (Å²) in [4.78, 5) is 2.55. The third-order valence-corrected chi connectivity index (χ3v) is 4.16. The topological polar surface area (TPSA) is 12.5 Å². The van der Waals surface area contributed by atoms with Crippen LogP contribution in [0.1, 0.15) is 24.0 Å². The van der Waals surface area contributed by atoms with E-state index in [9.17, 15) is 0 Å². The molecule has 21 heavy (non-hydrogen) atoms. The second kappa shape index (κ2) is 6.50. The average Bonchev–Trinajstić information content (AvgIpc) is 3.34. The second-order valence-corrected chi connectivity index (χ2v) is 6.05. The summed E-state index contributed by atoms with van der Waals surface area (Å²) in [7, 11) is 1.70. The molecular weight excluding hydrogens is 282 g/mol. The molecule has 2 nitrogen and oxygen atoms in total. The van der Waals surface area contributed by atoms with Crippen LogP contribution in [0.3, 0.4) is 0 Å². The quantitative estimate of drug-likeness (QED) is 0.778. The standard InChI is InChI=1S/C18H20ClNO/c1-21-18-10-4-15(5-11-18)13-20(17-8-9-17)12-14-2-6-16(19)7-3-14/h2-7,10-11,17H,8-9,12-13H2,1H3. The Morgan fingerprint density at radius 2 is 1.48 bits per heavy atom. The normalized spacial score (nSPS) is 14.4. The van der Waals surface area contributed by atoms with Gasteiger partial charge >= 0.3 is 0 Å². The van der Waals surface area contributed by atoms with Crippen LogP contribution in [0.2, 0.25) is 5.02 Å². The van der Waals surface area contributed by atoms with E-state index in [0.29, 0.717) is 0 Å². The Kier molecular flexibility index (Phi) is 4.47. The first kappa shape index (κ1) is 14.4. The van der Waals surface area contributed by atoms with Gasteiger partial charge in [0, 0.05) is 24.2 Å². The van der Waals surface area contributed by atoms with Gasteiger partial charge in [-0.15, -0.1) is 0 Å². The maximum atomic E-state index is 5.96.